The van der Waals surface area contributed by atoms with E-state index in [9.17, 15) is 13.6 Å². The summed E-state index contributed by atoms with van der Waals surface area (Å²) in [4.78, 5) is 12.6. The van der Waals surface area contributed by atoms with Gasteiger partial charge in [-0.3, -0.25) is 4.79 Å². The highest BCUT2D eigenvalue weighted by molar-refractivity contribution is 7.99. The van der Waals surface area contributed by atoms with Crippen molar-refractivity contribution >= 4 is 23.6 Å². The molecule has 0 spiro atoms. The fourth-order valence-corrected chi connectivity index (χ4v) is 2.80. The monoisotopic (exact) mass is 380 g/mol. The van der Waals surface area contributed by atoms with Gasteiger partial charge in [0.05, 0.1) is 26.2 Å². The highest BCUT2D eigenvalue weighted by Gasteiger charge is 2.13. The first kappa shape index (κ1) is 19.8. The number of ether oxygens (including phenoxy) is 3. The van der Waals surface area contributed by atoms with E-state index >= 15 is 0 Å². The summed E-state index contributed by atoms with van der Waals surface area (Å²) in [5.41, 5.74) is 1.07. The lowest BCUT2D eigenvalue weighted by Crippen LogP contribution is -1.97. The zero-order chi connectivity index (χ0) is 19.1. The van der Waals surface area contributed by atoms with Crippen LogP contribution in [0.4, 0.5) is 8.78 Å². The van der Waals surface area contributed by atoms with Crippen LogP contribution in [0.1, 0.15) is 15.9 Å². The SMILES string of the molecule is COc1cc(/C=C/C(=O)c2ccc(SC(F)F)c(OC)c2)cc(OC)c1. The first-order valence-corrected chi connectivity index (χ1v) is 8.43. The molecule has 138 valence electrons. The number of rotatable bonds is 8. The fraction of sp³-hybridized carbons (Fsp3) is 0.211. The second-order valence-electron chi connectivity index (χ2n) is 5.09. The highest BCUT2D eigenvalue weighted by atomic mass is 32.2. The van der Waals surface area contributed by atoms with Crippen LogP contribution in [0.2, 0.25) is 0 Å². The van der Waals surface area contributed by atoms with Crippen LogP contribution in [0.25, 0.3) is 6.08 Å². The van der Waals surface area contributed by atoms with Crippen LogP contribution >= 0.6 is 11.8 Å². The van der Waals surface area contributed by atoms with Gasteiger partial charge in [0, 0.05) is 11.6 Å². The number of benzene rings is 2. The minimum absolute atomic E-state index is 0.234. The zero-order valence-electron chi connectivity index (χ0n) is 14.5. The molecule has 0 saturated carbocycles. The van der Waals surface area contributed by atoms with Gasteiger partial charge in [0.1, 0.15) is 17.2 Å². The Bertz CT molecular complexity index is 784. The van der Waals surface area contributed by atoms with Gasteiger partial charge in [-0.1, -0.05) is 17.8 Å². The molecule has 0 radical (unpaired) electrons. The van der Waals surface area contributed by atoms with Crippen molar-refractivity contribution in [3.8, 4) is 17.2 Å². The molecular formula is C19H18F2O4S. The molecule has 0 amide bonds. The second-order valence-corrected chi connectivity index (χ2v) is 6.12. The van der Waals surface area contributed by atoms with Crippen LogP contribution in [-0.2, 0) is 0 Å². The Labute approximate surface area is 154 Å². The van der Waals surface area contributed by atoms with Gasteiger partial charge in [0.25, 0.3) is 5.76 Å². The number of hydrogen-bond acceptors (Lipinski definition) is 5. The summed E-state index contributed by atoms with van der Waals surface area (Å²) in [7, 11) is 4.45. The summed E-state index contributed by atoms with van der Waals surface area (Å²) in [6.07, 6.45) is 3.02. The van der Waals surface area contributed by atoms with Gasteiger partial charge in [0.2, 0.25) is 0 Å². The molecule has 0 bridgehead atoms. The van der Waals surface area contributed by atoms with E-state index < -0.39 is 5.76 Å². The molecule has 26 heavy (non-hydrogen) atoms. The summed E-state index contributed by atoms with van der Waals surface area (Å²) >= 11 is 0.373. The molecule has 0 atom stereocenters. The minimum Gasteiger partial charge on any atom is -0.497 e. The Hall–Kier alpha value is -2.54. The summed E-state index contributed by atoms with van der Waals surface area (Å²) in [5, 5.41) is 0. The first-order valence-electron chi connectivity index (χ1n) is 7.55. The third kappa shape index (κ3) is 5.23. The van der Waals surface area contributed by atoms with Crippen molar-refractivity contribution in [1.82, 2.24) is 0 Å². The maximum Gasteiger partial charge on any atom is 0.289 e. The molecule has 4 nitrogen and oxygen atoms in total. The van der Waals surface area contributed by atoms with Crippen molar-refractivity contribution in [2.75, 3.05) is 21.3 Å². The number of alkyl halides is 2. The highest BCUT2D eigenvalue weighted by Crippen LogP contribution is 2.34. The maximum absolute atomic E-state index is 12.5. The topological polar surface area (TPSA) is 44.8 Å². The number of halogens is 2. The van der Waals surface area contributed by atoms with E-state index in [1.165, 1.54) is 31.4 Å². The van der Waals surface area contributed by atoms with E-state index in [1.54, 1.807) is 38.5 Å². The summed E-state index contributed by atoms with van der Waals surface area (Å²) < 4.78 is 40.5. The standard InChI is InChI=1S/C19H18F2O4S/c1-23-14-8-12(9-15(11-14)24-2)4-6-16(22)13-5-7-18(26-19(20)21)17(10-13)25-3/h4-11,19H,1-3H3/b6-4+. The molecule has 0 aliphatic heterocycles. The largest absolute Gasteiger partial charge is 0.497 e. The Balaban J connectivity index is 2.23. The van der Waals surface area contributed by atoms with Gasteiger partial charge < -0.3 is 14.2 Å². The molecule has 2 aromatic rings. The summed E-state index contributed by atoms with van der Waals surface area (Å²) in [5.74, 6) is -1.40. The zero-order valence-corrected chi connectivity index (χ0v) is 15.3. The Morgan fingerprint density at radius 3 is 2.19 bits per heavy atom. The molecule has 0 unspecified atom stereocenters. The van der Waals surface area contributed by atoms with Crippen LogP contribution < -0.4 is 14.2 Å². The predicted octanol–water partition coefficient (Wildman–Crippen LogP) is 4.92. The average molecular weight is 380 g/mol. The molecule has 0 N–H and O–H groups in total. The van der Waals surface area contributed by atoms with Crippen LogP contribution in [0.5, 0.6) is 17.2 Å². The first-order chi connectivity index (χ1) is 12.5. The summed E-state index contributed by atoms with van der Waals surface area (Å²) in [6, 6.07) is 9.63. The van der Waals surface area contributed by atoms with Crippen molar-refractivity contribution in [2.24, 2.45) is 0 Å². The van der Waals surface area contributed by atoms with Crippen LogP contribution in [0.3, 0.4) is 0 Å². The maximum atomic E-state index is 12.5. The number of hydrogen-bond donors (Lipinski definition) is 0. The van der Waals surface area contributed by atoms with E-state index in [0.29, 0.717) is 28.8 Å². The number of methoxy groups -OCH3 is 3. The number of thioether (sulfide) groups is 1. The van der Waals surface area contributed by atoms with Gasteiger partial charge in [-0.25, -0.2) is 0 Å². The van der Waals surface area contributed by atoms with Crippen molar-refractivity contribution in [1.29, 1.82) is 0 Å². The number of carbonyl (C=O) groups is 1. The van der Waals surface area contributed by atoms with Crippen molar-refractivity contribution in [2.45, 2.75) is 10.7 Å². The van der Waals surface area contributed by atoms with Gasteiger partial charge in [-0.05, 0) is 42.0 Å². The number of ketones is 1. The number of allylic oxidation sites excluding steroid dienone is 1. The third-order valence-electron chi connectivity index (χ3n) is 3.47. The summed E-state index contributed by atoms with van der Waals surface area (Å²) in [6.45, 7) is 0. The molecule has 7 heteroatoms. The Kier molecular flexibility index (Phi) is 7.03. The minimum atomic E-state index is -2.56. The fourth-order valence-electron chi connectivity index (χ4n) is 2.21. The lowest BCUT2D eigenvalue weighted by molar-refractivity contribution is 0.104. The molecule has 0 saturated heterocycles. The average Bonchev–Trinajstić information content (AvgIpc) is 2.65. The van der Waals surface area contributed by atoms with Gasteiger partial charge >= 0.3 is 0 Å². The van der Waals surface area contributed by atoms with Crippen molar-refractivity contribution in [3.63, 3.8) is 0 Å². The quantitative estimate of drug-likeness (QED) is 0.369. The molecule has 2 aromatic carbocycles. The lowest BCUT2D eigenvalue weighted by atomic mass is 10.1. The molecule has 2 rings (SSSR count). The lowest BCUT2D eigenvalue weighted by Gasteiger charge is -2.09. The van der Waals surface area contributed by atoms with Crippen LogP contribution in [-0.4, -0.2) is 32.9 Å². The third-order valence-corrected chi connectivity index (χ3v) is 4.23. The smallest absolute Gasteiger partial charge is 0.289 e. The molecule has 0 aromatic heterocycles. The molecule has 0 aliphatic carbocycles. The predicted molar refractivity (Wildman–Crippen MR) is 97.8 cm³/mol. The Morgan fingerprint density at radius 1 is 1.00 bits per heavy atom. The van der Waals surface area contributed by atoms with Crippen molar-refractivity contribution < 1.29 is 27.8 Å². The van der Waals surface area contributed by atoms with E-state index in [1.807, 2.05) is 0 Å². The molecule has 0 aliphatic rings. The van der Waals surface area contributed by atoms with E-state index in [4.69, 9.17) is 14.2 Å². The Morgan fingerprint density at radius 2 is 1.65 bits per heavy atom. The number of carbonyl (C=O) groups excluding carboxylic acids is 1. The molecular weight excluding hydrogens is 362 g/mol. The van der Waals surface area contributed by atoms with E-state index in [0.717, 1.165) is 5.56 Å². The van der Waals surface area contributed by atoms with E-state index in [-0.39, 0.29) is 16.4 Å². The van der Waals surface area contributed by atoms with Gasteiger partial charge in [-0.2, -0.15) is 8.78 Å². The van der Waals surface area contributed by atoms with Crippen LogP contribution in [0.15, 0.2) is 47.4 Å². The van der Waals surface area contributed by atoms with E-state index in [2.05, 4.69) is 0 Å². The van der Waals surface area contributed by atoms with Crippen LogP contribution in [0, 0.1) is 0 Å². The normalized spacial score (nSPS) is 11.0. The second kappa shape index (κ2) is 9.24. The van der Waals surface area contributed by atoms with Gasteiger partial charge in [-0.15, -0.1) is 0 Å². The molecule has 0 heterocycles. The van der Waals surface area contributed by atoms with Gasteiger partial charge in [0.15, 0.2) is 5.78 Å². The molecule has 0 fully saturated rings. The van der Waals surface area contributed by atoms with Crippen molar-refractivity contribution in [3.05, 3.63) is 53.6 Å².